The molecule has 1 N–H and O–H groups in total. The van der Waals surface area contributed by atoms with Gasteiger partial charge in [-0.25, -0.2) is 18.4 Å². The Labute approximate surface area is 168 Å². The number of aromatic nitrogens is 2. The first-order chi connectivity index (χ1) is 13.8. The monoisotopic (exact) mass is 427 g/mol. The number of rotatable bonds is 7. The van der Waals surface area contributed by atoms with Crippen LogP contribution >= 0.6 is 11.3 Å². The maximum absolute atomic E-state index is 13.0. The number of nitrogens with one attached hydrogen (secondary N) is 1. The highest BCUT2D eigenvalue weighted by molar-refractivity contribution is 7.18. The fourth-order valence-corrected chi connectivity index (χ4v) is 4.06. The van der Waals surface area contributed by atoms with Gasteiger partial charge in [0.05, 0.1) is 19.8 Å². The standard InChI is InChI=1S/C18H19F2N3O5S/c1-8-13(17(25)27-2)16(29-14(8)18(26)28-3)21-12(24)7-23-11(9-4-5-9)6-10(22-23)15(19)20/h6,9,15H,4-5,7H2,1-3H3,(H,21,24). The topological polar surface area (TPSA) is 99.5 Å². The Morgan fingerprint density at radius 1 is 1.28 bits per heavy atom. The maximum atomic E-state index is 13.0. The third kappa shape index (κ3) is 4.29. The minimum absolute atomic E-state index is 0.0439. The molecule has 1 fully saturated rings. The van der Waals surface area contributed by atoms with Crippen molar-refractivity contribution in [2.45, 2.75) is 38.7 Å². The van der Waals surface area contributed by atoms with Gasteiger partial charge in [0.15, 0.2) is 0 Å². The molecular weight excluding hydrogens is 408 g/mol. The Kier molecular flexibility index (Phi) is 5.96. The van der Waals surface area contributed by atoms with Crippen LogP contribution in [0.25, 0.3) is 0 Å². The number of hydrogen-bond donors (Lipinski definition) is 1. The number of ether oxygens (including phenoxy) is 2. The molecule has 1 amide bonds. The number of esters is 2. The second-order valence-corrected chi connectivity index (χ2v) is 7.54. The van der Waals surface area contributed by atoms with E-state index in [4.69, 9.17) is 9.47 Å². The molecule has 1 saturated carbocycles. The van der Waals surface area contributed by atoms with Gasteiger partial charge < -0.3 is 14.8 Å². The van der Waals surface area contributed by atoms with Crippen molar-refractivity contribution in [2.75, 3.05) is 19.5 Å². The maximum Gasteiger partial charge on any atom is 0.348 e. The predicted octanol–water partition coefficient (Wildman–Crippen LogP) is 3.28. The summed E-state index contributed by atoms with van der Waals surface area (Å²) >= 11 is 0.877. The molecule has 0 spiro atoms. The second kappa shape index (κ2) is 8.27. The van der Waals surface area contributed by atoms with E-state index in [1.807, 2.05) is 0 Å². The van der Waals surface area contributed by atoms with Crippen LogP contribution in [-0.4, -0.2) is 41.8 Å². The van der Waals surface area contributed by atoms with Crippen LogP contribution in [0.4, 0.5) is 13.8 Å². The lowest BCUT2D eigenvalue weighted by Crippen LogP contribution is -2.21. The van der Waals surface area contributed by atoms with Crippen molar-refractivity contribution in [2.24, 2.45) is 0 Å². The minimum atomic E-state index is -2.73. The van der Waals surface area contributed by atoms with E-state index in [0.717, 1.165) is 24.2 Å². The molecule has 0 atom stereocenters. The lowest BCUT2D eigenvalue weighted by Gasteiger charge is -2.08. The molecule has 8 nitrogen and oxygen atoms in total. The molecule has 2 heterocycles. The summed E-state index contributed by atoms with van der Waals surface area (Å²) in [6.07, 6.45) is -1.02. The van der Waals surface area contributed by atoms with Gasteiger partial charge in [-0.1, -0.05) is 0 Å². The average Bonchev–Trinajstić information content (AvgIpc) is 3.36. The zero-order valence-electron chi connectivity index (χ0n) is 16.0. The van der Waals surface area contributed by atoms with Gasteiger partial charge in [-0.15, -0.1) is 11.3 Å². The normalized spacial score (nSPS) is 13.4. The molecule has 2 aromatic heterocycles. The fourth-order valence-electron chi connectivity index (χ4n) is 2.93. The van der Waals surface area contributed by atoms with E-state index in [0.29, 0.717) is 11.3 Å². The number of nitrogens with zero attached hydrogens (tertiary/aromatic N) is 2. The van der Waals surface area contributed by atoms with Crippen molar-refractivity contribution < 1.29 is 32.6 Å². The molecule has 1 aliphatic rings. The average molecular weight is 427 g/mol. The smallest absolute Gasteiger partial charge is 0.348 e. The predicted molar refractivity (Wildman–Crippen MR) is 99.5 cm³/mol. The van der Waals surface area contributed by atoms with E-state index in [1.165, 1.54) is 31.9 Å². The molecule has 0 aliphatic heterocycles. The van der Waals surface area contributed by atoms with Crippen LogP contribution in [0.2, 0.25) is 0 Å². The number of hydrogen-bond acceptors (Lipinski definition) is 7. The Morgan fingerprint density at radius 3 is 2.48 bits per heavy atom. The van der Waals surface area contributed by atoms with Gasteiger partial charge in [0.25, 0.3) is 6.43 Å². The molecule has 29 heavy (non-hydrogen) atoms. The van der Waals surface area contributed by atoms with Gasteiger partial charge in [0, 0.05) is 11.6 Å². The van der Waals surface area contributed by atoms with E-state index < -0.39 is 24.3 Å². The van der Waals surface area contributed by atoms with Crippen LogP contribution < -0.4 is 5.32 Å². The molecule has 0 aromatic carbocycles. The van der Waals surface area contributed by atoms with Crippen molar-refractivity contribution >= 4 is 34.2 Å². The van der Waals surface area contributed by atoms with E-state index in [1.54, 1.807) is 0 Å². The summed E-state index contributed by atoms with van der Waals surface area (Å²) in [5.74, 6) is -1.83. The van der Waals surface area contributed by atoms with Gasteiger partial charge in [-0.05, 0) is 31.4 Å². The first-order valence-electron chi connectivity index (χ1n) is 8.72. The van der Waals surface area contributed by atoms with Crippen LogP contribution in [-0.2, 0) is 20.8 Å². The summed E-state index contributed by atoms with van der Waals surface area (Å²) in [5, 5.41) is 6.52. The lowest BCUT2D eigenvalue weighted by molar-refractivity contribution is -0.116. The number of halogens is 2. The van der Waals surface area contributed by atoms with Crippen LogP contribution in [0.5, 0.6) is 0 Å². The molecule has 2 aromatic rings. The van der Waals surface area contributed by atoms with Crippen LogP contribution in [0, 0.1) is 6.92 Å². The SMILES string of the molecule is COC(=O)c1sc(NC(=O)Cn2nc(C(F)F)cc2C2CC2)c(C(=O)OC)c1C. The molecule has 1 aliphatic carbocycles. The molecular formula is C18H19F2N3O5S. The third-order valence-corrected chi connectivity index (χ3v) is 5.69. The Balaban J connectivity index is 1.86. The zero-order valence-corrected chi connectivity index (χ0v) is 16.8. The summed E-state index contributed by atoms with van der Waals surface area (Å²) in [6.45, 7) is 1.24. The Hall–Kier alpha value is -2.82. The van der Waals surface area contributed by atoms with Gasteiger partial charge in [-0.3, -0.25) is 9.48 Å². The van der Waals surface area contributed by atoms with Gasteiger partial charge in [-0.2, -0.15) is 5.10 Å². The van der Waals surface area contributed by atoms with Crippen LogP contribution in [0.1, 0.15) is 62.2 Å². The fraction of sp³-hybridized carbons (Fsp3) is 0.444. The van der Waals surface area contributed by atoms with Gasteiger partial charge in [0.2, 0.25) is 5.91 Å². The van der Waals surface area contributed by atoms with Crippen LogP contribution in [0.15, 0.2) is 6.07 Å². The molecule has 156 valence electrons. The third-order valence-electron chi connectivity index (χ3n) is 4.50. The van der Waals surface area contributed by atoms with Gasteiger partial charge in [0.1, 0.15) is 22.1 Å². The van der Waals surface area contributed by atoms with Gasteiger partial charge >= 0.3 is 11.9 Å². The molecule has 0 unspecified atom stereocenters. The number of amides is 1. The number of anilines is 1. The van der Waals surface area contributed by atoms with Crippen molar-refractivity contribution in [3.8, 4) is 0 Å². The highest BCUT2D eigenvalue weighted by Gasteiger charge is 2.31. The van der Waals surface area contributed by atoms with Crippen LogP contribution in [0.3, 0.4) is 0 Å². The number of alkyl halides is 2. The summed E-state index contributed by atoms with van der Waals surface area (Å²) < 4.78 is 36.7. The summed E-state index contributed by atoms with van der Waals surface area (Å²) in [7, 11) is 2.38. The Morgan fingerprint density at radius 2 is 1.93 bits per heavy atom. The molecule has 0 radical (unpaired) electrons. The number of carbonyl (C=O) groups excluding carboxylic acids is 3. The van der Waals surface area contributed by atoms with Crippen molar-refractivity contribution in [3.63, 3.8) is 0 Å². The molecule has 3 rings (SSSR count). The number of methoxy groups -OCH3 is 2. The molecule has 11 heteroatoms. The van der Waals surface area contributed by atoms with Crippen molar-refractivity contribution in [1.29, 1.82) is 0 Å². The minimum Gasteiger partial charge on any atom is -0.465 e. The van der Waals surface area contributed by atoms with Crippen molar-refractivity contribution in [3.05, 3.63) is 33.5 Å². The van der Waals surface area contributed by atoms with E-state index >= 15 is 0 Å². The van der Waals surface area contributed by atoms with E-state index in [2.05, 4.69) is 10.4 Å². The zero-order chi connectivity index (χ0) is 21.3. The summed E-state index contributed by atoms with van der Waals surface area (Å²) in [4.78, 5) is 36.8. The lowest BCUT2D eigenvalue weighted by atomic mass is 10.1. The highest BCUT2D eigenvalue weighted by atomic mass is 32.1. The number of carbonyl (C=O) groups is 3. The summed E-state index contributed by atoms with van der Waals surface area (Å²) in [5.41, 5.74) is 0.570. The first-order valence-corrected chi connectivity index (χ1v) is 9.54. The summed E-state index contributed by atoms with van der Waals surface area (Å²) in [6, 6.07) is 1.32. The Bertz CT molecular complexity index is 965. The van der Waals surface area contributed by atoms with E-state index in [9.17, 15) is 23.2 Å². The quantitative estimate of drug-likeness (QED) is 0.681. The van der Waals surface area contributed by atoms with Crippen molar-refractivity contribution in [1.82, 2.24) is 9.78 Å². The number of thiophene rings is 1. The van der Waals surface area contributed by atoms with E-state index in [-0.39, 0.29) is 33.6 Å². The highest BCUT2D eigenvalue weighted by Crippen LogP contribution is 2.41. The molecule has 0 saturated heterocycles. The second-order valence-electron chi connectivity index (χ2n) is 6.52. The molecule has 0 bridgehead atoms. The first kappa shape index (κ1) is 20.9. The largest absolute Gasteiger partial charge is 0.465 e.